The van der Waals surface area contributed by atoms with Gasteiger partial charge in [-0.3, -0.25) is 4.79 Å². The van der Waals surface area contributed by atoms with Gasteiger partial charge in [0.1, 0.15) is 16.7 Å². The number of aliphatic hydroxyl groups excluding tert-OH is 1. The molecular weight excluding hydrogens is 464 g/mol. The zero-order valence-corrected chi connectivity index (χ0v) is 21.3. The topological polar surface area (TPSA) is 87.2 Å². The van der Waals surface area contributed by atoms with Crippen molar-refractivity contribution in [2.75, 3.05) is 26.7 Å². The zero-order chi connectivity index (χ0) is 25.2. The van der Waals surface area contributed by atoms with Gasteiger partial charge in [-0.15, -0.1) is 0 Å². The molecule has 1 saturated carbocycles. The number of ether oxygens (including phenoxy) is 1. The molecule has 1 aliphatic carbocycles. The van der Waals surface area contributed by atoms with E-state index in [1.54, 1.807) is 37.1 Å². The predicted octanol–water partition coefficient (Wildman–Crippen LogP) is 3.49. The molecule has 1 aliphatic heterocycles. The first-order chi connectivity index (χ1) is 16.7. The van der Waals surface area contributed by atoms with Crippen LogP contribution in [-0.4, -0.2) is 67.5 Å². The number of carbonyl (C=O) groups is 1. The maximum Gasteiger partial charge on any atom is 0.247 e. The van der Waals surface area contributed by atoms with E-state index >= 15 is 0 Å². The van der Waals surface area contributed by atoms with Gasteiger partial charge in [-0.1, -0.05) is 55.5 Å². The number of benzene rings is 2. The lowest BCUT2D eigenvalue weighted by Crippen LogP contribution is -2.50. The van der Waals surface area contributed by atoms with E-state index in [4.69, 9.17) is 4.74 Å². The van der Waals surface area contributed by atoms with Gasteiger partial charge >= 0.3 is 0 Å². The van der Waals surface area contributed by atoms with Crippen molar-refractivity contribution in [1.29, 1.82) is 0 Å². The SMILES string of the molecule is C[C@H]1CN([C@@H](C)CO)S(=O)(=O)c2ccc(/C=C/c3ccccc3)cc2O[C@H]1CN(C)C(=O)C1CC1. The molecule has 2 aromatic rings. The third kappa shape index (κ3) is 5.77. The summed E-state index contributed by atoms with van der Waals surface area (Å²) >= 11 is 0. The molecule has 188 valence electrons. The van der Waals surface area contributed by atoms with Crippen LogP contribution in [0.3, 0.4) is 0 Å². The summed E-state index contributed by atoms with van der Waals surface area (Å²) < 4.78 is 34.9. The van der Waals surface area contributed by atoms with Crippen LogP contribution in [0.1, 0.15) is 37.8 Å². The summed E-state index contributed by atoms with van der Waals surface area (Å²) in [6.07, 6.45) is 5.31. The van der Waals surface area contributed by atoms with E-state index in [0.29, 0.717) is 6.54 Å². The first-order valence-corrected chi connectivity index (χ1v) is 13.6. The second kappa shape index (κ2) is 10.5. The summed E-state index contributed by atoms with van der Waals surface area (Å²) in [5, 5.41) is 9.79. The van der Waals surface area contributed by atoms with E-state index < -0.39 is 22.2 Å². The number of rotatable bonds is 7. The molecule has 0 radical (unpaired) electrons. The fourth-order valence-corrected chi connectivity index (χ4v) is 6.15. The van der Waals surface area contributed by atoms with Crippen LogP contribution in [0, 0.1) is 11.8 Å². The zero-order valence-electron chi connectivity index (χ0n) is 20.5. The van der Waals surface area contributed by atoms with E-state index in [2.05, 4.69) is 0 Å². The average Bonchev–Trinajstić information content (AvgIpc) is 3.70. The highest BCUT2D eigenvalue weighted by Crippen LogP contribution is 2.35. The van der Waals surface area contributed by atoms with Gasteiger partial charge in [-0.2, -0.15) is 4.31 Å². The molecule has 2 aromatic carbocycles. The Morgan fingerprint density at radius 2 is 1.86 bits per heavy atom. The summed E-state index contributed by atoms with van der Waals surface area (Å²) in [6, 6.07) is 14.3. The molecular formula is C27H34N2O5S. The summed E-state index contributed by atoms with van der Waals surface area (Å²) in [6.45, 7) is 3.89. The van der Waals surface area contributed by atoms with Crippen LogP contribution in [0.5, 0.6) is 5.75 Å². The third-order valence-corrected chi connectivity index (χ3v) is 8.74. The molecule has 0 bridgehead atoms. The first-order valence-electron chi connectivity index (χ1n) is 12.1. The fourth-order valence-electron chi connectivity index (χ4n) is 4.32. The van der Waals surface area contributed by atoms with Crippen LogP contribution in [0.15, 0.2) is 53.4 Å². The number of carbonyl (C=O) groups excluding carboxylic acids is 1. The predicted molar refractivity (Wildman–Crippen MR) is 136 cm³/mol. The van der Waals surface area contributed by atoms with Crippen molar-refractivity contribution in [1.82, 2.24) is 9.21 Å². The third-order valence-electron chi connectivity index (χ3n) is 6.72. The van der Waals surface area contributed by atoms with Gasteiger partial charge in [0.25, 0.3) is 0 Å². The first kappa shape index (κ1) is 25.4. The Bertz CT molecular complexity index is 1180. The van der Waals surface area contributed by atoms with E-state index in [1.807, 2.05) is 49.4 Å². The minimum absolute atomic E-state index is 0.0720. The molecule has 0 unspecified atom stereocenters. The standard InChI is InChI=1S/C27H34N2O5S/c1-19-16-29(20(2)18-30)35(32,33)26-14-11-22(10-9-21-7-5-4-6-8-21)15-24(26)34-25(19)17-28(3)27(31)23-12-13-23/h4-11,14-15,19-20,23,25,30H,12-13,16-18H2,1-3H3/b10-9+/t19-,20-,25-/m0/s1. The molecule has 35 heavy (non-hydrogen) atoms. The highest BCUT2D eigenvalue weighted by molar-refractivity contribution is 7.89. The molecule has 1 amide bonds. The molecule has 0 aromatic heterocycles. The highest BCUT2D eigenvalue weighted by Gasteiger charge is 2.39. The lowest BCUT2D eigenvalue weighted by molar-refractivity contribution is -0.132. The molecule has 1 N–H and O–H groups in total. The second-order valence-corrected chi connectivity index (χ2v) is 11.5. The van der Waals surface area contributed by atoms with E-state index in [1.165, 1.54) is 4.31 Å². The van der Waals surface area contributed by atoms with Crippen molar-refractivity contribution in [2.24, 2.45) is 11.8 Å². The minimum atomic E-state index is -3.90. The Labute approximate surface area is 208 Å². The van der Waals surface area contributed by atoms with E-state index in [9.17, 15) is 18.3 Å². The van der Waals surface area contributed by atoms with E-state index in [0.717, 1.165) is 24.0 Å². The van der Waals surface area contributed by atoms with Crippen LogP contribution in [0.4, 0.5) is 0 Å². The lowest BCUT2D eigenvalue weighted by atomic mass is 10.0. The van der Waals surface area contributed by atoms with Crippen LogP contribution in [0.25, 0.3) is 12.2 Å². The van der Waals surface area contributed by atoms with Gasteiger partial charge in [0.05, 0.1) is 13.2 Å². The lowest BCUT2D eigenvalue weighted by Gasteiger charge is -2.37. The summed E-state index contributed by atoms with van der Waals surface area (Å²) in [5.74, 6) is 0.261. The number of hydrogen-bond donors (Lipinski definition) is 1. The number of likely N-dealkylation sites (N-methyl/N-ethyl adjacent to an activating group) is 1. The van der Waals surface area contributed by atoms with Crippen molar-refractivity contribution >= 4 is 28.1 Å². The molecule has 3 atom stereocenters. The largest absolute Gasteiger partial charge is 0.487 e. The normalized spacial score (nSPS) is 23.1. The summed E-state index contributed by atoms with van der Waals surface area (Å²) in [7, 11) is -2.12. The fraction of sp³-hybridized carbons (Fsp3) is 0.444. The molecule has 8 heteroatoms. The highest BCUT2D eigenvalue weighted by atomic mass is 32.2. The van der Waals surface area contributed by atoms with Crippen molar-refractivity contribution in [3.63, 3.8) is 0 Å². The smallest absolute Gasteiger partial charge is 0.247 e. The summed E-state index contributed by atoms with van der Waals surface area (Å²) in [4.78, 5) is 14.4. The molecule has 0 saturated heterocycles. The van der Waals surface area contributed by atoms with Gasteiger partial charge in [0, 0.05) is 31.5 Å². The quantitative estimate of drug-likeness (QED) is 0.591. The van der Waals surface area contributed by atoms with Gasteiger partial charge < -0.3 is 14.7 Å². The number of nitrogens with zero attached hydrogens (tertiary/aromatic N) is 2. The van der Waals surface area contributed by atoms with Crippen LogP contribution < -0.4 is 4.74 Å². The number of hydrogen-bond acceptors (Lipinski definition) is 5. The van der Waals surface area contributed by atoms with Gasteiger partial charge in [-0.25, -0.2) is 8.42 Å². The molecule has 2 aliphatic rings. The summed E-state index contributed by atoms with van der Waals surface area (Å²) in [5.41, 5.74) is 1.83. The van der Waals surface area contributed by atoms with Gasteiger partial charge in [0.2, 0.25) is 15.9 Å². The minimum Gasteiger partial charge on any atom is -0.487 e. The maximum absolute atomic E-state index is 13.6. The number of fused-ring (bicyclic) bond motifs is 1. The van der Waals surface area contributed by atoms with Crippen molar-refractivity contribution < 1.29 is 23.1 Å². The Morgan fingerprint density at radius 1 is 1.17 bits per heavy atom. The molecule has 7 nitrogen and oxygen atoms in total. The second-order valence-electron chi connectivity index (χ2n) is 9.68. The number of aliphatic hydroxyl groups is 1. The monoisotopic (exact) mass is 498 g/mol. The van der Waals surface area contributed by atoms with Gasteiger partial charge in [0.15, 0.2) is 0 Å². The van der Waals surface area contributed by atoms with Gasteiger partial charge in [-0.05, 0) is 43.0 Å². The Balaban J connectivity index is 1.70. The molecule has 0 spiro atoms. The van der Waals surface area contributed by atoms with Crippen molar-refractivity contribution in [3.8, 4) is 5.75 Å². The van der Waals surface area contributed by atoms with E-state index in [-0.39, 0.29) is 41.5 Å². The molecule has 1 heterocycles. The molecule has 4 rings (SSSR count). The Hall–Kier alpha value is -2.68. The van der Waals surface area contributed by atoms with Crippen molar-refractivity contribution in [2.45, 2.75) is 43.7 Å². The molecule has 1 fully saturated rings. The Morgan fingerprint density at radius 3 is 2.51 bits per heavy atom. The Kier molecular flexibility index (Phi) is 7.64. The van der Waals surface area contributed by atoms with Crippen molar-refractivity contribution in [3.05, 3.63) is 59.7 Å². The maximum atomic E-state index is 13.6. The number of sulfonamides is 1. The van der Waals surface area contributed by atoms with Crippen LogP contribution in [0.2, 0.25) is 0 Å². The average molecular weight is 499 g/mol. The van der Waals surface area contributed by atoms with Crippen LogP contribution >= 0.6 is 0 Å². The number of amides is 1. The van der Waals surface area contributed by atoms with Crippen LogP contribution in [-0.2, 0) is 14.8 Å².